The average Bonchev–Trinajstić information content (AvgIpc) is 2.33. The van der Waals surface area contributed by atoms with Gasteiger partial charge in [-0.25, -0.2) is 4.79 Å². The molecular weight excluding hydrogens is 312 g/mol. The molecule has 0 spiro atoms. The van der Waals surface area contributed by atoms with Crippen molar-refractivity contribution in [1.82, 2.24) is 5.32 Å². The Morgan fingerprint density at radius 1 is 1.42 bits per heavy atom. The van der Waals surface area contributed by atoms with Gasteiger partial charge in [0.05, 0.1) is 5.92 Å². The second-order valence-electron chi connectivity index (χ2n) is 4.24. The van der Waals surface area contributed by atoms with E-state index in [2.05, 4.69) is 26.6 Å². The molecule has 3 N–H and O–H groups in total. The van der Waals surface area contributed by atoms with Crippen LogP contribution >= 0.6 is 15.9 Å². The zero-order chi connectivity index (χ0) is 14.4. The maximum Gasteiger partial charge on any atom is 0.319 e. The predicted molar refractivity (Wildman–Crippen MR) is 77.3 cm³/mol. The minimum absolute atomic E-state index is 0.118. The number of aryl methyl sites for hydroxylation is 1. The molecule has 0 aliphatic rings. The van der Waals surface area contributed by atoms with Crippen molar-refractivity contribution in [3.8, 4) is 0 Å². The summed E-state index contributed by atoms with van der Waals surface area (Å²) in [5.74, 6) is -1.46. The first-order chi connectivity index (χ1) is 8.93. The number of rotatable bonds is 5. The van der Waals surface area contributed by atoms with Crippen molar-refractivity contribution in [2.24, 2.45) is 5.92 Å². The molecule has 0 aromatic heterocycles. The number of carbonyl (C=O) groups excluding carboxylic acids is 1. The van der Waals surface area contributed by atoms with Gasteiger partial charge in [-0.1, -0.05) is 22.9 Å². The van der Waals surface area contributed by atoms with E-state index in [1.54, 1.807) is 13.0 Å². The molecule has 0 aliphatic carbocycles. The Morgan fingerprint density at radius 2 is 2.11 bits per heavy atom. The molecule has 19 heavy (non-hydrogen) atoms. The predicted octanol–water partition coefficient (Wildman–Crippen LogP) is 2.99. The van der Waals surface area contributed by atoms with Gasteiger partial charge in [0.15, 0.2) is 0 Å². The summed E-state index contributed by atoms with van der Waals surface area (Å²) >= 11 is 3.34. The van der Waals surface area contributed by atoms with Crippen LogP contribution in [0.1, 0.15) is 18.9 Å². The fourth-order valence-electron chi connectivity index (χ4n) is 1.56. The third kappa shape index (κ3) is 4.90. The van der Waals surface area contributed by atoms with Crippen LogP contribution in [-0.4, -0.2) is 23.7 Å². The Hall–Kier alpha value is -1.56. The zero-order valence-electron chi connectivity index (χ0n) is 10.9. The minimum Gasteiger partial charge on any atom is -0.481 e. The molecule has 1 unspecified atom stereocenters. The number of carboxylic acid groups (broad SMARTS) is 1. The van der Waals surface area contributed by atoms with E-state index in [-0.39, 0.29) is 6.54 Å². The van der Waals surface area contributed by atoms with Crippen molar-refractivity contribution < 1.29 is 14.7 Å². The molecule has 1 rings (SSSR count). The number of amides is 2. The van der Waals surface area contributed by atoms with E-state index >= 15 is 0 Å². The van der Waals surface area contributed by atoms with E-state index in [4.69, 9.17) is 5.11 Å². The van der Waals surface area contributed by atoms with Crippen LogP contribution in [0.15, 0.2) is 22.7 Å². The van der Waals surface area contributed by atoms with E-state index in [0.29, 0.717) is 12.1 Å². The van der Waals surface area contributed by atoms with Gasteiger partial charge in [0.1, 0.15) is 0 Å². The molecule has 0 saturated heterocycles. The Balaban J connectivity index is 2.53. The first-order valence-corrected chi connectivity index (χ1v) is 6.77. The average molecular weight is 329 g/mol. The molecule has 0 saturated carbocycles. The topological polar surface area (TPSA) is 78.4 Å². The largest absolute Gasteiger partial charge is 0.481 e. The quantitative estimate of drug-likeness (QED) is 0.777. The van der Waals surface area contributed by atoms with Crippen LogP contribution in [0.3, 0.4) is 0 Å². The number of aliphatic carboxylic acids is 1. The van der Waals surface area contributed by atoms with Gasteiger partial charge in [0, 0.05) is 16.7 Å². The lowest BCUT2D eigenvalue weighted by molar-refractivity contribution is -0.141. The van der Waals surface area contributed by atoms with Gasteiger partial charge in [0.25, 0.3) is 0 Å². The van der Waals surface area contributed by atoms with Gasteiger partial charge in [-0.15, -0.1) is 0 Å². The summed E-state index contributed by atoms with van der Waals surface area (Å²) < 4.78 is 0.938. The summed E-state index contributed by atoms with van der Waals surface area (Å²) in [6, 6.07) is 5.11. The van der Waals surface area contributed by atoms with Crippen LogP contribution in [0.5, 0.6) is 0 Å². The first-order valence-electron chi connectivity index (χ1n) is 5.97. The monoisotopic (exact) mass is 328 g/mol. The van der Waals surface area contributed by atoms with Gasteiger partial charge >= 0.3 is 12.0 Å². The van der Waals surface area contributed by atoms with Crippen molar-refractivity contribution in [3.63, 3.8) is 0 Å². The second kappa shape index (κ2) is 7.13. The molecule has 1 aromatic carbocycles. The highest BCUT2D eigenvalue weighted by molar-refractivity contribution is 9.10. The zero-order valence-corrected chi connectivity index (χ0v) is 12.5. The summed E-state index contributed by atoms with van der Waals surface area (Å²) in [5.41, 5.74) is 1.62. The summed E-state index contributed by atoms with van der Waals surface area (Å²) in [6.45, 7) is 3.77. The van der Waals surface area contributed by atoms with Gasteiger partial charge in [-0.2, -0.15) is 0 Å². The van der Waals surface area contributed by atoms with Gasteiger partial charge in [-0.05, 0) is 37.1 Å². The highest BCUT2D eigenvalue weighted by Crippen LogP contribution is 2.19. The molecule has 0 aliphatic heterocycles. The SMILES string of the molecule is CCC(CNC(=O)Nc1ccc(Br)cc1C)C(=O)O. The fourth-order valence-corrected chi connectivity index (χ4v) is 2.03. The highest BCUT2D eigenvalue weighted by Gasteiger charge is 2.15. The van der Waals surface area contributed by atoms with Crippen molar-refractivity contribution in [2.45, 2.75) is 20.3 Å². The molecular formula is C13H17BrN2O3. The summed E-state index contributed by atoms with van der Waals surface area (Å²) in [6.07, 6.45) is 0.479. The van der Waals surface area contributed by atoms with Crippen molar-refractivity contribution in [2.75, 3.05) is 11.9 Å². The van der Waals surface area contributed by atoms with E-state index in [0.717, 1.165) is 10.0 Å². The Kier molecular flexibility index (Phi) is 5.82. The van der Waals surface area contributed by atoms with Crippen molar-refractivity contribution in [3.05, 3.63) is 28.2 Å². The molecule has 5 nitrogen and oxygen atoms in total. The molecule has 104 valence electrons. The highest BCUT2D eigenvalue weighted by atomic mass is 79.9. The maximum absolute atomic E-state index is 11.7. The Labute approximate surface area is 120 Å². The van der Waals surface area contributed by atoms with Gasteiger partial charge < -0.3 is 15.7 Å². The number of hydrogen-bond acceptors (Lipinski definition) is 2. The number of anilines is 1. The van der Waals surface area contributed by atoms with Crippen LogP contribution in [0.4, 0.5) is 10.5 Å². The molecule has 0 fully saturated rings. The molecule has 0 bridgehead atoms. The number of urea groups is 1. The maximum atomic E-state index is 11.7. The van der Waals surface area contributed by atoms with Crippen LogP contribution in [0, 0.1) is 12.8 Å². The van der Waals surface area contributed by atoms with Gasteiger partial charge in [-0.3, -0.25) is 4.79 Å². The molecule has 0 heterocycles. The van der Waals surface area contributed by atoms with Crippen molar-refractivity contribution >= 4 is 33.6 Å². The lowest BCUT2D eigenvalue weighted by atomic mass is 10.1. The number of halogens is 1. The summed E-state index contributed by atoms with van der Waals surface area (Å²) in [4.78, 5) is 22.5. The lowest BCUT2D eigenvalue weighted by Crippen LogP contribution is -2.35. The standard InChI is InChI=1S/C13H17BrN2O3/c1-3-9(12(17)18)7-15-13(19)16-11-5-4-10(14)6-8(11)2/h4-6,9H,3,7H2,1-2H3,(H,17,18)(H2,15,16,19). The fraction of sp³-hybridized carbons (Fsp3) is 0.385. The number of carboxylic acids is 1. The summed E-state index contributed by atoms with van der Waals surface area (Å²) in [7, 11) is 0. The van der Waals surface area contributed by atoms with Crippen LogP contribution in [-0.2, 0) is 4.79 Å². The molecule has 1 aromatic rings. The van der Waals surface area contributed by atoms with E-state index < -0.39 is 17.9 Å². The van der Waals surface area contributed by atoms with Crippen LogP contribution < -0.4 is 10.6 Å². The van der Waals surface area contributed by atoms with E-state index in [9.17, 15) is 9.59 Å². The van der Waals surface area contributed by atoms with Crippen molar-refractivity contribution in [1.29, 1.82) is 0 Å². The smallest absolute Gasteiger partial charge is 0.319 e. The molecule has 0 radical (unpaired) electrons. The van der Waals surface area contributed by atoms with Crippen LogP contribution in [0.2, 0.25) is 0 Å². The molecule has 1 atom stereocenters. The third-order valence-electron chi connectivity index (χ3n) is 2.79. The first kappa shape index (κ1) is 15.5. The van der Waals surface area contributed by atoms with E-state index in [1.807, 2.05) is 19.1 Å². The Bertz CT molecular complexity index is 477. The van der Waals surface area contributed by atoms with Crippen LogP contribution in [0.25, 0.3) is 0 Å². The Morgan fingerprint density at radius 3 is 2.63 bits per heavy atom. The van der Waals surface area contributed by atoms with Gasteiger partial charge in [0.2, 0.25) is 0 Å². The number of carbonyl (C=O) groups is 2. The normalized spacial score (nSPS) is 11.7. The number of hydrogen-bond donors (Lipinski definition) is 3. The third-order valence-corrected chi connectivity index (χ3v) is 3.28. The molecule has 2 amide bonds. The minimum atomic E-state index is -0.900. The lowest BCUT2D eigenvalue weighted by Gasteiger charge is -2.13. The summed E-state index contributed by atoms with van der Waals surface area (Å²) in [5, 5.41) is 14.1. The number of nitrogens with one attached hydrogen (secondary N) is 2. The second-order valence-corrected chi connectivity index (χ2v) is 5.15. The molecule has 6 heteroatoms. The van der Waals surface area contributed by atoms with E-state index in [1.165, 1.54) is 0 Å². The number of benzene rings is 1.